The standard InChI is InChI=1S/C25H36N2O/c1-20(2)10-6-11-21(3)12-7-13-22(4)14-8-15-23(5)18-25(28)27-24-16-9-17-26-19-24/h9-10,12,14,16-19H,6-8,11,13,15H2,1-5H3,(H,27,28)/b21-12+,22-14+,23-18+. The molecule has 0 aliphatic rings. The molecule has 0 aliphatic carbocycles. The molecule has 1 N–H and O–H groups in total. The Hall–Kier alpha value is -2.42. The Bertz CT molecular complexity index is 720. The fraction of sp³-hybridized carbons (Fsp3) is 0.440. The molecule has 1 aromatic heterocycles. The number of nitrogens with one attached hydrogen (secondary N) is 1. The van der Waals surface area contributed by atoms with E-state index in [0.717, 1.165) is 49.8 Å². The number of hydrogen-bond acceptors (Lipinski definition) is 2. The fourth-order valence-electron chi connectivity index (χ4n) is 2.80. The molecule has 0 unspecified atom stereocenters. The molecule has 0 saturated carbocycles. The minimum Gasteiger partial charge on any atom is -0.321 e. The average molecular weight is 381 g/mol. The average Bonchev–Trinajstić information content (AvgIpc) is 2.62. The van der Waals surface area contributed by atoms with E-state index in [2.05, 4.69) is 56.2 Å². The normalized spacial score (nSPS) is 12.7. The van der Waals surface area contributed by atoms with Crippen molar-refractivity contribution in [3.8, 4) is 0 Å². The van der Waals surface area contributed by atoms with Gasteiger partial charge < -0.3 is 5.32 Å². The predicted octanol–water partition coefficient (Wildman–Crippen LogP) is 7.17. The van der Waals surface area contributed by atoms with E-state index >= 15 is 0 Å². The molecule has 0 saturated heterocycles. The second-order valence-corrected chi connectivity index (χ2v) is 7.72. The zero-order valence-corrected chi connectivity index (χ0v) is 18.2. The van der Waals surface area contributed by atoms with Crippen molar-refractivity contribution < 1.29 is 4.79 Å². The molecule has 3 nitrogen and oxygen atoms in total. The zero-order chi connectivity index (χ0) is 20.8. The Kier molecular flexibility index (Phi) is 11.6. The second kappa shape index (κ2) is 13.7. The van der Waals surface area contributed by atoms with Crippen LogP contribution >= 0.6 is 0 Å². The molecule has 1 rings (SSSR count). The summed E-state index contributed by atoms with van der Waals surface area (Å²) in [7, 11) is 0. The molecule has 1 heterocycles. The van der Waals surface area contributed by atoms with Crippen LogP contribution in [0, 0.1) is 0 Å². The van der Waals surface area contributed by atoms with Crippen LogP contribution in [0.5, 0.6) is 0 Å². The molecule has 0 radical (unpaired) electrons. The van der Waals surface area contributed by atoms with E-state index in [4.69, 9.17) is 0 Å². The van der Waals surface area contributed by atoms with Gasteiger partial charge in [0.15, 0.2) is 0 Å². The van der Waals surface area contributed by atoms with E-state index in [1.54, 1.807) is 24.5 Å². The smallest absolute Gasteiger partial charge is 0.248 e. The van der Waals surface area contributed by atoms with Gasteiger partial charge in [-0.25, -0.2) is 0 Å². The van der Waals surface area contributed by atoms with Gasteiger partial charge in [-0.1, -0.05) is 40.5 Å². The van der Waals surface area contributed by atoms with Gasteiger partial charge in [-0.2, -0.15) is 0 Å². The predicted molar refractivity (Wildman–Crippen MR) is 121 cm³/mol. The summed E-state index contributed by atoms with van der Waals surface area (Å²) in [6, 6.07) is 3.64. The van der Waals surface area contributed by atoms with E-state index in [1.165, 1.54) is 16.7 Å². The Morgan fingerprint density at radius 1 is 0.893 bits per heavy atom. The highest BCUT2D eigenvalue weighted by atomic mass is 16.1. The largest absolute Gasteiger partial charge is 0.321 e. The third-order valence-corrected chi connectivity index (χ3v) is 4.46. The number of allylic oxidation sites excluding steroid dienone is 7. The lowest BCUT2D eigenvalue weighted by molar-refractivity contribution is -0.112. The molecule has 3 heteroatoms. The molecule has 1 aromatic rings. The summed E-state index contributed by atoms with van der Waals surface area (Å²) in [6.07, 6.45) is 18.3. The number of amides is 1. The van der Waals surface area contributed by atoms with E-state index < -0.39 is 0 Å². The van der Waals surface area contributed by atoms with Crippen LogP contribution in [0.2, 0.25) is 0 Å². The highest BCUT2D eigenvalue weighted by Gasteiger charge is 1.99. The van der Waals surface area contributed by atoms with Crippen molar-refractivity contribution in [1.82, 2.24) is 4.98 Å². The quantitative estimate of drug-likeness (QED) is 0.327. The van der Waals surface area contributed by atoms with Crippen LogP contribution in [0.4, 0.5) is 5.69 Å². The van der Waals surface area contributed by atoms with Gasteiger partial charge in [-0.3, -0.25) is 9.78 Å². The Morgan fingerprint density at radius 2 is 1.46 bits per heavy atom. The first-order chi connectivity index (χ1) is 13.4. The topological polar surface area (TPSA) is 42.0 Å². The minimum atomic E-state index is -0.0973. The minimum absolute atomic E-state index is 0.0973. The maximum Gasteiger partial charge on any atom is 0.248 e. The van der Waals surface area contributed by atoms with E-state index in [1.807, 2.05) is 13.0 Å². The first-order valence-corrected chi connectivity index (χ1v) is 10.2. The third-order valence-electron chi connectivity index (χ3n) is 4.46. The molecular formula is C25H36N2O. The van der Waals surface area contributed by atoms with Crippen LogP contribution in [0.1, 0.15) is 73.1 Å². The maximum absolute atomic E-state index is 12.0. The lowest BCUT2D eigenvalue weighted by Gasteiger charge is -2.04. The summed E-state index contributed by atoms with van der Waals surface area (Å²) in [5, 5.41) is 2.83. The van der Waals surface area contributed by atoms with Crippen LogP contribution in [0.15, 0.2) is 71.1 Å². The van der Waals surface area contributed by atoms with Crippen molar-refractivity contribution in [2.45, 2.75) is 73.1 Å². The summed E-state index contributed by atoms with van der Waals surface area (Å²) in [4.78, 5) is 16.0. The van der Waals surface area contributed by atoms with Crippen molar-refractivity contribution in [2.24, 2.45) is 0 Å². The molecular weight excluding hydrogens is 344 g/mol. The molecule has 1 amide bonds. The summed E-state index contributed by atoms with van der Waals surface area (Å²) in [5.41, 5.74) is 6.09. The molecule has 0 aromatic carbocycles. The third kappa shape index (κ3) is 12.1. The van der Waals surface area contributed by atoms with Crippen molar-refractivity contribution in [3.63, 3.8) is 0 Å². The van der Waals surface area contributed by atoms with Crippen LogP contribution in [0.25, 0.3) is 0 Å². The Morgan fingerprint density at radius 3 is 2.00 bits per heavy atom. The van der Waals surface area contributed by atoms with Crippen LogP contribution in [0.3, 0.4) is 0 Å². The molecule has 0 spiro atoms. The number of anilines is 1. The Balaban J connectivity index is 2.30. The molecule has 0 bridgehead atoms. The molecule has 152 valence electrons. The molecule has 28 heavy (non-hydrogen) atoms. The summed E-state index contributed by atoms with van der Waals surface area (Å²) in [5.74, 6) is -0.0973. The highest BCUT2D eigenvalue weighted by Crippen LogP contribution is 2.13. The zero-order valence-electron chi connectivity index (χ0n) is 18.2. The van der Waals surface area contributed by atoms with Crippen LogP contribution in [-0.2, 0) is 4.79 Å². The van der Waals surface area contributed by atoms with Gasteiger partial charge in [0.1, 0.15) is 0 Å². The van der Waals surface area contributed by atoms with Gasteiger partial charge in [-0.15, -0.1) is 0 Å². The number of nitrogens with zero attached hydrogens (tertiary/aromatic N) is 1. The molecule has 0 atom stereocenters. The lowest BCUT2D eigenvalue weighted by Crippen LogP contribution is -2.08. The number of rotatable bonds is 11. The van der Waals surface area contributed by atoms with Crippen molar-refractivity contribution >= 4 is 11.6 Å². The molecule has 0 aliphatic heterocycles. The van der Waals surface area contributed by atoms with Gasteiger partial charge >= 0.3 is 0 Å². The highest BCUT2D eigenvalue weighted by molar-refractivity contribution is 5.99. The van der Waals surface area contributed by atoms with Gasteiger partial charge in [0.2, 0.25) is 5.91 Å². The monoisotopic (exact) mass is 380 g/mol. The van der Waals surface area contributed by atoms with Crippen molar-refractivity contribution in [3.05, 3.63) is 71.1 Å². The van der Waals surface area contributed by atoms with Crippen LogP contribution < -0.4 is 5.32 Å². The van der Waals surface area contributed by atoms with Gasteiger partial charge in [0, 0.05) is 12.3 Å². The summed E-state index contributed by atoms with van der Waals surface area (Å²) < 4.78 is 0. The fourth-order valence-corrected chi connectivity index (χ4v) is 2.80. The number of hydrogen-bond donors (Lipinski definition) is 1. The first kappa shape index (κ1) is 23.6. The SMILES string of the molecule is CC(C)=CCC/C(C)=C/CC/C(C)=C/CC/C(C)=C/C(=O)Nc1cccnc1. The number of pyridine rings is 1. The van der Waals surface area contributed by atoms with Gasteiger partial charge in [-0.05, 0) is 85.3 Å². The van der Waals surface area contributed by atoms with E-state index in [9.17, 15) is 4.79 Å². The van der Waals surface area contributed by atoms with E-state index in [-0.39, 0.29) is 5.91 Å². The number of carbonyl (C=O) groups is 1. The number of aromatic nitrogens is 1. The Labute approximate surface area is 171 Å². The van der Waals surface area contributed by atoms with Crippen LogP contribution in [-0.4, -0.2) is 10.9 Å². The molecule has 0 fully saturated rings. The maximum atomic E-state index is 12.0. The van der Waals surface area contributed by atoms with E-state index in [0.29, 0.717) is 0 Å². The summed E-state index contributed by atoms with van der Waals surface area (Å²) in [6.45, 7) is 10.7. The first-order valence-electron chi connectivity index (χ1n) is 10.2. The van der Waals surface area contributed by atoms with Crippen molar-refractivity contribution in [1.29, 1.82) is 0 Å². The second-order valence-electron chi connectivity index (χ2n) is 7.72. The number of carbonyl (C=O) groups excluding carboxylic acids is 1. The lowest BCUT2D eigenvalue weighted by atomic mass is 10.0. The summed E-state index contributed by atoms with van der Waals surface area (Å²) >= 11 is 0. The van der Waals surface area contributed by atoms with Gasteiger partial charge in [0.05, 0.1) is 11.9 Å². The van der Waals surface area contributed by atoms with Crippen molar-refractivity contribution in [2.75, 3.05) is 5.32 Å². The van der Waals surface area contributed by atoms with Gasteiger partial charge in [0.25, 0.3) is 0 Å².